The zero-order valence-electron chi connectivity index (χ0n) is 10.5. The number of aromatic nitrogens is 2. The van der Waals surface area contributed by atoms with Gasteiger partial charge in [-0.05, 0) is 24.7 Å². The van der Waals surface area contributed by atoms with Crippen molar-refractivity contribution in [1.29, 1.82) is 0 Å². The molecular formula is C12H21N5. The van der Waals surface area contributed by atoms with Crippen LogP contribution in [0.3, 0.4) is 0 Å². The van der Waals surface area contributed by atoms with Crippen molar-refractivity contribution in [2.24, 2.45) is 17.7 Å². The molecule has 94 valence electrons. The summed E-state index contributed by atoms with van der Waals surface area (Å²) in [5, 5.41) is 3.42. The van der Waals surface area contributed by atoms with Crippen LogP contribution in [0.25, 0.3) is 0 Å². The Morgan fingerprint density at radius 1 is 1.41 bits per heavy atom. The van der Waals surface area contributed by atoms with Crippen LogP contribution in [0.4, 0.5) is 11.6 Å². The molecule has 1 aromatic heterocycles. The minimum Gasteiger partial charge on any atom is -0.369 e. The standard InChI is InChI=1S/C12H21N5/c1-3-4-10-11(14-6-9-5-8(9)2)15-7-16-12(10)17-13/h7-9H,3-6,13H2,1-2H3,(H2,14,15,16,17). The number of hydrogen-bond acceptors (Lipinski definition) is 5. The maximum absolute atomic E-state index is 5.47. The van der Waals surface area contributed by atoms with Crippen molar-refractivity contribution in [1.82, 2.24) is 9.97 Å². The van der Waals surface area contributed by atoms with Gasteiger partial charge in [-0.3, -0.25) is 0 Å². The Morgan fingerprint density at radius 2 is 2.12 bits per heavy atom. The third-order valence-corrected chi connectivity index (χ3v) is 3.39. The second kappa shape index (κ2) is 5.31. The average molecular weight is 235 g/mol. The molecule has 0 spiro atoms. The molecule has 2 rings (SSSR count). The smallest absolute Gasteiger partial charge is 0.148 e. The number of nitrogens with two attached hydrogens (primary N) is 1. The van der Waals surface area contributed by atoms with E-state index in [1.165, 1.54) is 6.42 Å². The van der Waals surface area contributed by atoms with E-state index < -0.39 is 0 Å². The molecular weight excluding hydrogens is 214 g/mol. The Hall–Kier alpha value is -1.36. The zero-order valence-corrected chi connectivity index (χ0v) is 10.5. The van der Waals surface area contributed by atoms with Crippen molar-refractivity contribution in [3.8, 4) is 0 Å². The Labute approximate surface area is 102 Å². The Balaban J connectivity index is 2.07. The molecule has 1 aromatic rings. The lowest BCUT2D eigenvalue weighted by molar-refractivity contribution is 0.780. The average Bonchev–Trinajstić information content (AvgIpc) is 3.04. The molecule has 0 saturated heterocycles. The summed E-state index contributed by atoms with van der Waals surface area (Å²) in [5.74, 6) is 8.78. The maximum atomic E-state index is 5.47. The summed E-state index contributed by atoms with van der Waals surface area (Å²) < 4.78 is 0. The molecule has 1 heterocycles. The molecule has 1 aliphatic rings. The first-order valence-electron chi connectivity index (χ1n) is 6.30. The first kappa shape index (κ1) is 12.1. The number of nitrogens with one attached hydrogen (secondary N) is 2. The van der Waals surface area contributed by atoms with Crippen molar-refractivity contribution >= 4 is 11.6 Å². The SMILES string of the molecule is CCCc1c(NN)ncnc1NCC1CC1C. The molecule has 1 saturated carbocycles. The predicted octanol–water partition coefficient (Wildman–Crippen LogP) is 1.78. The molecule has 0 aromatic carbocycles. The molecule has 1 fully saturated rings. The van der Waals surface area contributed by atoms with E-state index in [-0.39, 0.29) is 0 Å². The summed E-state index contributed by atoms with van der Waals surface area (Å²) in [6.45, 7) is 5.42. The molecule has 4 N–H and O–H groups in total. The number of anilines is 2. The molecule has 2 unspecified atom stereocenters. The van der Waals surface area contributed by atoms with E-state index in [1.54, 1.807) is 6.33 Å². The quantitative estimate of drug-likeness (QED) is 0.517. The van der Waals surface area contributed by atoms with Gasteiger partial charge in [-0.25, -0.2) is 15.8 Å². The molecule has 5 nitrogen and oxygen atoms in total. The van der Waals surface area contributed by atoms with Crippen LogP contribution in [0.15, 0.2) is 6.33 Å². The monoisotopic (exact) mass is 235 g/mol. The molecule has 0 amide bonds. The number of nitrogen functional groups attached to an aromatic ring is 1. The zero-order chi connectivity index (χ0) is 12.3. The van der Waals surface area contributed by atoms with Gasteiger partial charge in [-0.1, -0.05) is 20.3 Å². The van der Waals surface area contributed by atoms with E-state index in [0.29, 0.717) is 0 Å². The van der Waals surface area contributed by atoms with Crippen LogP contribution in [0.5, 0.6) is 0 Å². The highest BCUT2D eigenvalue weighted by atomic mass is 15.3. The summed E-state index contributed by atoms with van der Waals surface area (Å²) in [6.07, 6.45) is 4.86. The van der Waals surface area contributed by atoms with Gasteiger partial charge in [0.05, 0.1) is 0 Å². The largest absolute Gasteiger partial charge is 0.369 e. The predicted molar refractivity (Wildman–Crippen MR) is 69.6 cm³/mol. The van der Waals surface area contributed by atoms with E-state index in [4.69, 9.17) is 5.84 Å². The number of nitrogens with zero attached hydrogens (tertiary/aromatic N) is 2. The maximum Gasteiger partial charge on any atom is 0.148 e. The molecule has 2 atom stereocenters. The van der Waals surface area contributed by atoms with Gasteiger partial charge >= 0.3 is 0 Å². The van der Waals surface area contributed by atoms with Gasteiger partial charge in [0.1, 0.15) is 18.0 Å². The molecule has 1 aliphatic carbocycles. The fourth-order valence-electron chi connectivity index (χ4n) is 2.09. The van der Waals surface area contributed by atoms with E-state index in [2.05, 4.69) is 34.6 Å². The molecule has 0 aliphatic heterocycles. The number of rotatable bonds is 6. The minimum absolute atomic E-state index is 0.730. The number of hydrogen-bond donors (Lipinski definition) is 3. The van der Waals surface area contributed by atoms with Crippen LogP contribution in [-0.2, 0) is 6.42 Å². The van der Waals surface area contributed by atoms with Crippen LogP contribution in [0.1, 0.15) is 32.3 Å². The molecule has 17 heavy (non-hydrogen) atoms. The van der Waals surface area contributed by atoms with Gasteiger partial charge in [-0.15, -0.1) is 0 Å². The van der Waals surface area contributed by atoms with E-state index in [0.717, 1.165) is 48.4 Å². The van der Waals surface area contributed by atoms with Gasteiger partial charge < -0.3 is 10.7 Å². The topological polar surface area (TPSA) is 75.9 Å². The Bertz CT molecular complexity index is 379. The Kier molecular flexibility index (Phi) is 3.78. The van der Waals surface area contributed by atoms with Crippen molar-refractivity contribution in [3.05, 3.63) is 11.9 Å². The highest BCUT2D eigenvalue weighted by Gasteiger charge is 2.32. The lowest BCUT2D eigenvalue weighted by Gasteiger charge is -2.13. The lowest BCUT2D eigenvalue weighted by atomic mass is 10.1. The van der Waals surface area contributed by atoms with E-state index in [9.17, 15) is 0 Å². The normalized spacial score (nSPS) is 22.3. The summed E-state index contributed by atoms with van der Waals surface area (Å²) in [7, 11) is 0. The van der Waals surface area contributed by atoms with Gasteiger partial charge in [0.25, 0.3) is 0 Å². The fraction of sp³-hybridized carbons (Fsp3) is 0.667. The van der Waals surface area contributed by atoms with E-state index >= 15 is 0 Å². The highest BCUT2D eigenvalue weighted by Crippen LogP contribution is 2.37. The van der Waals surface area contributed by atoms with Crippen LogP contribution in [-0.4, -0.2) is 16.5 Å². The third-order valence-electron chi connectivity index (χ3n) is 3.39. The van der Waals surface area contributed by atoms with Crippen LogP contribution in [0, 0.1) is 11.8 Å². The lowest BCUT2D eigenvalue weighted by Crippen LogP contribution is -2.15. The van der Waals surface area contributed by atoms with Crippen molar-refractivity contribution in [2.45, 2.75) is 33.1 Å². The van der Waals surface area contributed by atoms with Gasteiger partial charge in [0, 0.05) is 12.1 Å². The second-order valence-corrected chi connectivity index (χ2v) is 4.80. The van der Waals surface area contributed by atoms with Crippen LogP contribution < -0.4 is 16.6 Å². The molecule has 5 heteroatoms. The van der Waals surface area contributed by atoms with Crippen LogP contribution >= 0.6 is 0 Å². The number of hydrazine groups is 1. The highest BCUT2D eigenvalue weighted by molar-refractivity contribution is 5.56. The van der Waals surface area contributed by atoms with E-state index in [1.807, 2.05) is 0 Å². The first-order chi connectivity index (χ1) is 8.26. The third kappa shape index (κ3) is 2.85. The van der Waals surface area contributed by atoms with Gasteiger partial charge in [0.15, 0.2) is 0 Å². The van der Waals surface area contributed by atoms with Crippen molar-refractivity contribution < 1.29 is 0 Å². The molecule has 0 radical (unpaired) electrons. The summed E-state index contributed by atoms with van der Waals surface area (Å²) in [6, 6.07) is 0. The summed E-state index contributed by atoms with van der Waals surface area (Å²) in [5.41, 5.74) is 3.73. The van der Waals surface area contributed by atoms with Crippen molar-refractivity contribution in [3.63, 3.8) is 0 Å². The van der Waals surface area contributed by atoms with Gasteiger partial charge in [0.2, 0.25) is 0 Å². The summed E-state index contributed by atoms with van der Waals surface area (Å²) in [4.78, 5) is 8.46. The summed E-state index contributed by atoms with van der Waals surface area (Å²) >= 11 is 0. The fourth-order valence-corrected chi connectivity index (χ4v) is 2.09. The minimum atomic E-state index is 0.730. The second-order valence-electron chi connectivity index (χ2n) is 4.80. The van der Waals surface area contributed by atoms with Crippen molar-refractivity contribution in [2.75, 3.05) is 17.3 Å². The first-order valence-corrected chi connectivity index (χ1v) is 6.30. The molecule has 0 bridgehead atoms. The Morgan fingerprint density at radius 3 is 2.71 bits per heavy atom. The van der Waals surface area contributed by atoms with Gasteiger partial charge in [-0.2, -0.15) is 0 Å². The van der Waals surface area contributed by atoms with Crippen LogP contribution in [0.2, 0.25) is 0 Å².